The van der Waals surface area contributed by atoms with Crippen LogP contribution >= 0.6 is 12.4 Å². The van der Waals surface area contributed by atoms with Crippen LogP contribution in [0.4, 0.5) is 11.4 Å². The summed E-state index contributed by atoms with van der Waals surface area (Å²) in [6, 6.07) is 11.6. The summed E-state index contributed by atoms with van der Waals surface area (Å²) in [7, 11) is 0. The number of rotatable bonds is 5. The summed E-state index contributed by atoms with van der Waals surface area (Å²) in [6.45, 7) is 0. The first-order chi connectivity index (χ1) is 11.0. The lowest BCUT2D eigenvalue weighted by molar-refractivity contribution is -0.385. The van der Waals surface area contributed by atoms with Gasteiger partial charge in [-0.3, -0.25) is 25.6 Å². The van der Waals surface area contributed by atoms with Crippen molar-refractivity contribution in [2.24, 2.45) is 0 Å². The lowest BCUT2D eigenvalue weighted by Crippen LogP contribution is -2.16. The Hall–Kier alpha value is -3.26. The van der Waals surface area contributed by atoms with E-state index < -0.39 is 9.85 Å². The highest BCUT2D eigenvalue weighted by Crippen LogP contribution is 2.13. The van der Waals surface area contributed by atoms with Crippen LogP contribution < -0.4 is 5.32 Å². The molecule has 0 atom stereocenters. The van der Waals surface area contributed by atoms with Gasteiger partial charge in [-0.25, -0.2) is 0 Å². The van der Waals surface area contributed by atoms with Gasteiger partial charge in [-0.2, -0.15) is 0 Å². The van der Waals surface area contributed by atoms with Gasteiger partial charge in [-0.05, 0) is 35.9 Å². The Morgan fingerprint density at radius 3 is 1.83 bits per heavy atom. The Morgan fingerprint density at radius 1 is 0.917 bits per heavy atom. The molecule has 0 heterocycles. The number of nitrogens with zero attached hydrogens (tertiary/aromatic N) is 2. The van der Waals surface area contributed by atoms with Crippen LogP contribution in [0.1, 0.15) is 11.1 Å². The van der Waals surface area contributed by atoms with E-state index in [0.29, 0.717) is 5.56 Å². The minimum absolute atomic E-state index is 0. The average Bonchev–Trinajstić information content (AvgIpc) is 2.55. The Kier molecular flexibility index (Phi) is 6.57. The molecule has 0 bridgehead atoms. The molecule has 0 aliphatic carbocycles. The largest absolute Gasteiger partial charge is 0.347 e. The van der Waals surface area contributed by atoms with Crippen molar-refractivity contribution < 1.29 is 9.85 Å². The molecule has 0 saturated carbocycles. The number of hydrogen-bond donors (Lipinski definition) is 2. The van der Waals surface area contributed by atoms with Gasteiger partial charge in [-0.15, -0.1) is 12.4 Å². The first-order valence-electron chi connectivity index (χ1n) is 6.48. The molecule has 0 unspecified atom stereocenters. The predicted octanol–water partition coefficient (Wildman–Crippen LogP) is 3.51. The maximum Gasteiger partial charge on any atom is 0.269 e. The molecule has 0 aliphatic rings. The minimum atomic E-state index is -0.505. The second kappa shape index (κ2) is 8.39. The fourth-order valence-corrected chi connectivity index (χ4v) is 1.76. The van der Waals surface area contributed by atoms with Crippen LogP contribution in [0.3, 0.4) is 0 Å². The van der Waals surface area contributed by atoms with Crippen LogP contribution in [0.25, 0.3) is 6.08 Å². The summed E-state index contributed by atoms with van der Waals surface area (Å²) in [5, 5.41) is 31.7. The van der Waals surface area contributed by atoms with Gasteiger partial charge in [0.2, 0.25) is 0 Å². The van der Waals surface area contributed by atoms with Gasteiger partial charge < -0.3 is 5.32 Å². The number of amidine groups is 1. The third-order valence-electron chi connectivity index (χ3n) is 2.97. The van der Waals surface area contributed by atoms with Crippen molar-refractivity contribution in [3.8, 4) is 0 Å². The number of nitrogens with one attached hydrogen (secondary N) is 2. The molecule has 2 aromatic carbocycles. The smallest absolute Gasteiger partial charge is 0.269 e. The molecule has 124 valence electrons. The molecule has 0 saturated heterocycles. The minimum Gasteiger partial charge on any atom is -0.347 e. The zero-order valence-electron chi connectivity index (χ0n) is 12.2. The summed E-state index contributed by atoms with van der Waals surface area (Å²) in [4.78, 5) is 20.1. The Labute approximate surface area is 143 Å². The lowest BCUT2D eigenvalue weighted by atomic mass is 10.2. The summed E-state index contributed by atoms with van der Waals surface area (Å²) < 4.78 is 0. The Balaban J connectivity index is 0.00000288. The van der Waals surface area contributed by atoms with Crippen LogP contribution in [0, 0.1) is 25.6 Å². The average molecular weight is 349 g/mol. The van der Waals surface area contributed by atoms with Gasteiger partial charge in [0.25, 0.3) is 11.4 Å². The molecular formula is C15H13ClN4O4. The molecular weight excluding hydrogens is 336 g/mol. The number of nitro benzene ring substituents is 2. The SMILES string of the molecule is Cl.N=C(N/C=C/c1ccc([N+](=O)[O-])cc1)c1ccc([N+](=O)[O-])cc1. The molecule has 2 N–H and O–H groups in total. The van der Waals surface area contributed by atoms with Crippen LogP contribution in [-0.4, -0.2) is 15.7 Å². The molecule has 2 aromatic rings. The van der Waals surface area contributed by atoms with E-state index in [1.165, 1.54) is 42.6 Å². The molecule has 0 aliphatic heterocycles. The van der Waals surface area contributed by atoms with Crippen molar-refractivity contribution in [1.29, 1.82) is 5.41 Å². The number of halogens is 1. The highest BCUT2D eigenvalue weighted by atomic mass is 35.5. The van der Waals surface area contributed by atoms with E-state index in [2.05, 4.69) is 5.32 Å². The second-order valence-corrected chi connectivity index (χ2v) is 4.51. The second-order valence-electron chi connectivity index (χ2n) is 4.51. The quantitative estimate of drug-likeness (QED) is 0.370. The van der Waals surface area contributed by atoms with E-state index in [0.717, 1.165) is 5.56 Å². The van der Waals surface area contributed by atoms with E-state index in [4.69, 9.17) is 5.41 Å². The summed E-state index contributed by atoms with van der Waals surface area (Å²) >= 11 is 0. The van der Waals surface area contributed by atoms with E-state index in [-0.39, 0.29) is 29.6 Å². The maximum absolute atomic E-state index is 10.6. The molecule has 0 spiro atoms. The van der Waals surface area contributed by atoms with E-state index in [1.54, 1.807) is 18.2 Å². The standard InChI is InChI=1S/C15H12N4O4.ClH/c16-15(12-3-7-14(8-4-12)19(22)23)17-10-9-11-1-5-13(6-2-11)18(20)21;/h1-10H,(H2,16,17);1H/b10-9+;. The summed E-state index contributed by atoms with van der Waals surface area (Å²) in [5.74, 6) is 0.0815. The molecule has 0 amide bonds. The molecule has 2 rings (SSSR count). The first-order valence-corrected chi connectivity index (χ1v) is 6.48. The van der Waals surface area contributed by atoms with E-state index in [1.807, 2.05) is 0 Å². The number of nitro groups is 2. The molecule has 8 nitrogen and oxygen atoms in total. The zero-order valence-corrected chi connectivity index (χ0v) is 13.0. The summed E-state index contributed by atoms with van der Waals surface area (Å²) in [6.07, 6.45) is 3.18. The number of benzene rings is 2. The normalized spacial score (nSPS) is 10.0. The van der Waals surface area contributed by atoms with Gasteiger partial charge in [0.1, 0.15) is 5.84 Å². The number of non-ortho nitro benzene ring substituents is 2. The van der Waals surface area contributed by atoms with Gasteiger partial charge >= 0.3 is 0 Å². The first kappa shape index (κ1) is 18.8. The van der Waals surface area contributed by atoms with Crippen LogP contribution in [0.15, 0.2) is 54.7 Å². The molecule has 9 heteroatoms. The van der Waals surface area contributed by atoms with Gasteiger partial charge in [0, 0.05) is 36.0 Å². The third kappa shape index (κ3) is 4.89. The Morgan fingerprint density at radius 2 is 1.38 bits per heavy atom. The van der Waals surface area contributed by atoms with Crippen molar-refractivity contribution in [2.75, 3.05) is 0 Å². The highest BCUT2D eigenvalue weighted by molar-refractivity contribution is 5.97. The van der Waals surface area contributed by atoms with Crippen molar-refractivity contribution >= 4 is 35.7 Å². The summed E-state index contributed by atoms with van der Waals surface area (Å²) in [5.41, 5.74) is 1.21. The molecule has 0 radical (unpaired) electrons. The highest BCUT2D eigenvalue weighted by Gasteiger charge is 2.06. The van der Waals surface area contributed by atoms with Crippen LogP contribution in [0.2, 0.25) is 0 Å². The molecule has 0 fully saturated rings. The monoisotopic (exact) mass is 348 g/mol. The predicted molar refractivity (Wildman–Crippen MR) is 92.4 cm³/mol. The maximum atomic E-state index is 10.6. The van der Waals surface area contributed by atoms with Crippen molar-refractivity contribution in [2.45, 2.75) is 0 Å². The third-order valence-corrected chi connectivity index (χ3v) is 2.97. The van der Waals surface area contributed by atoms with Gasteiger partial charge in [-0.1, -0.05) is 0 Å². The lowest BCUT2D eigenvalue weighted by Gasteiger charge is -2.03. The topological polar surface area (TPSA) is 122 Å². The molecule has 0 aromatic heterocycles. The number of hydrogen-bond acceptors (Lipinski definition) is 5. The van der Waals surface area contributed by atoms with Crippen molar-refractivity contribution in [3.63, 3.8) is 0 Å². The van der Waals surface area contributed by atoms with Crippen LogP contribution in [0.5, 0.6) is 0 Å². The van der Waals surface area contributed by atoms with Gasteiger partial charge in [0.15, 0.2) is 0 Å². The van der Waals surface area contributed by atoms with Crippen LogP contribution in [-0.2, 0) is 0 Å². The molecule has 24 heavy (non-hydrogen) atoms. The van der Waals surface area contributed by atoms with E-state index >= 15 is 0 Å². The zero-order chi connectivity index (χ0) is 16.8. The Bertz CT molecular complexity index is 773. The van der Waals surface area contributed by atoms with Crippen molar-refractivity contribution in [3.05, 3.63) is 86.1 Å². The fourth-order valence-electron chi connectivity index (χ4n) is 1.76. The fraction of sp³-hybridized carbons (Fsp3) is 0. The van der Waals surface area contributed by atoms with Gasteiger partial charge in [0.05, 0.1) is 9.85 Å². The van der Waals surface area contributed by atoms with E-state index in [9.17, 15) is 20.2 Å². The van der Waals surface area contributed by atoms with Crippen molar-refractivity contribution in [1.82, 2.24) is 5.32 Å².